The molecule has 0 atom stereocenters. The minimum Gasteiger partial charge on any atom is -0.491 e. The predicted octanol–water partition coefficient (Wildman–Crippen LogP) is 2.31. The fourth-order valence-corrected chi connectivity index (χ4v) is 1.11. The van der Waals surface area contributed by atoms with Crippen molar-refractivity contribution in [2.45, 2.75) is 26.5 Å². The molecule has 0 spiro atoms. The molecule has 3 nitrogen and oxygen atoms in total. The molecule has 0 heterocycles. The monoisotopic (exact) mass is 191 g/mol. The van der Waals surface area contributed by atoms with E-state index in [1.54, 1.807) is 0 Å². The number of hydrogen-bond donors (Lipinski definition) is 0. The second-order valence-electron chi connectivity index (χ2n) is 3.22. The van der Waals surface area contributed by atoms with Crippen LogP contribution in [0.2, 0.25) is 0 Å². The average molecular weight is 191 g/mol. The normalized spacial score (nSPS) is 9.64. The Balaban J connectivity index is 2.73. The largest absolute Gasteiger partial charge is 0.491 e. The zero-order chi connectivity index (χ0) is 10.4. The van der Waals surface area contributed by atoms with Gasteiger partial charge in [-0.1, -0.05) is 12.1 Å². The van der Waals surface area contributed by atoms with Crippen LogP contribution in [0.15, 0.2) is 29.3 Å². The highest BCUT2D eigenvalue weighted by atomic mass is 16.5. The third-order valence-corrected chi connectivity index (χ3v) is 1.60. The van der Waals surface area contributed by atoms with Crippen LogP contribution >= 0.6 is 0 Å². The molecule has 0 unspecified atom stereocenters. The van der Waals surface area contributed by atoms with Gasteiger partial charge < -0.3 is 4.74 Å². The zero-order valence-electron chi connectivity index (χ0n) is 8.36. The maximum absolute atomic E-state index is 9.92. The summed E-state index contributed by atoms with van der Waals surface area (Å²) in [6.45, 7) is 4.30. The van der Waals surface area contributed by atoms with Gasteiger partial charge in [-0.25, -0.2) is 9.79 Å². The van der Waals surface area contributed by atoms with Gasteiger partial charge in [0.1, 0.15) is 5.75 Å². The summed E-state index contributed by atoms with van der Waals surface area (Å²) in [5, 5.41) is 0. The standard InChI is InChI=1S/C11H13NO2/c1-9(2)14-11-5-3-4-10(6-11)7-12-8-13/h3-6,9H,7H2,1-2H3. The van der Waals surface area contributed by atoms with E-state index in [4.69, 9.17) is 4.74 Å². The van der Waals surface area contributed by atoms with E-state index in [9.17, 15) is 4.79 Å². The maximum Gasteiger partial charge on any atom is 0.235 e. The Labute approximate surface area is 83.4 Å². The third-order valence-electron chi connectivity index (χ3n) is 1.60. The lowest BCUT2D eigenvalue weighted by Gasteiger charge is -2.09. The van der Waals surface area contributed by atoms with Gasteiger partial charge in [-0.2, -0.15) is 0 Å². The summed E-state index contributed by atoms with van der Waals surface area (Å²) in [4.78, 5) is 13.4. The Hall–Kier alpha value is -1.60. The Morgan fingerprint density at radius 3 is 2.93 bits per heavy atom. The molecule has 0 aliphatic heterocycles. The second kappa shape index (κ2) is 5.20. The molecule has 74 valence electrons. The van der Waals surface area contributed by atoms with Crippen molar-refractivity contribution in [1.82, 2.24) is 0 Å². The first-order valence-electron chi connectivity index (χ1n) is 4.51. The van der Waals surface area contributed by atoms with Crippen LogP contribution in [-0.2, 0) is 11.3 Å². The molecule has 0 saturated carbocycles. The molecular formula is C11H13NO2. The smallest absolute Gasteiger partial charge is 0.235 e. The van der Waals surface area contributed by atoms with Crippen LogP contribution in [-0.4, -0.2) is 12.2 Å². The summed E-state index contributed by atoms with van der Waals surface area (Å²) < 4.78 is 5.49. The predicted molar refractivity (Wildman–Crippen MR) is 54.0 cm³/mol. The number of aliphatic imine (C=N–C) groups is 1. The van der Waals surface area contributed by atoms with Gasteiger partial charge in [0.2, 0.25) is 6.08 Å². The van der Waals surface area contributed by atoms with Crippen molar-refractivity contribution in [3.63, 3.8) is 0 Å². The van der Waals surface area contributed by atoms with Crippen LogP contribution in [0.5, 0.6) is 5.75 Å². The van der Waals surface area contributed by atoms with E-state index in [0.29, 0.717) is 6.54 Å². The van der Waals surface area contributed by atoms with Gasteiger partial charge in [-0.3, -0.25) is 0 Å². The van der Waals surface area contributed by atoms with Crippen molar-refractivity contribution in [2.24, 2.45) is 4.99 Å². The minimum atomic E-state index is 0.153. The second-order valence-corrected chi connectivity index (χ2v) is 3.22. The molecule has 0 fully saturated rings. The van der Waals surface area contributed by atoms with E-state index < -0.39 is 0 Å². The topological polar surface area (TPSA) is 38.7 Å². The summed E-state index contributed by atoms with van der Waals surface area (Å²) in [5.41, 5.74) is 0.950. The average Bonchev–Trinajstić information content (AvgIpc) is 2.14. The molecule has 0 aliphatic carbocycles. The number of carbonyl (C=O) groups excluding carboxylic acids is 1. The van der Waals surface area contributed by atoms with Crippen molar-refractivity contribution in [3.05, 3.63) is 29.8 Å². The molecule has 0 saturated heterocycles. The van der Waals surface area contributed by atoms with Gasteiger partial charge in [0.05, 0.1) is 12.6 Å². The van der Waals surface area contributed by atoms with Crippen LogP contribution in [0.25, 0.3) is 0 Å². The van der Waals surface area contributed by atoms with Crippen molar-refractivity contribution < 1.29 is 9.53 Å². The van der Waals surface area contributed by atoms with Gasteiger partial charge >= 0.3 is 0 Å². The molecule has 0 aromatic heterocycles. The van der Waals surface area contributed by atoms with E-state index in [0.717, 1.165) is 11.3 Å². The van der Waals surface area contributed by atoms with Crippen LogP contribution in [0.1, 0.15) is 19.4 Å². The highest BCUT2D eigenvalue weighted by Gasteiger charge is 1.98. The number of benzene rings is 1. The molecule has 1 aromatic rings. The highest BCUT2D eigenvalue weighted by molar-refractivity contribution is 5.35. The van der Waals surface area contributed by atoms with E-state index in [1.165, 1.54) is 6.08 Å². The van der Waals surface area contributed by atoms with Crippen LogP contribution in [0.3, 0.4) is 0 Å². The van der Waals surface area contributed by atoms with Crippen molar-refractivity contribution in [2.75, 3.05) is 0 Å². The molecule has 1 rings (SSSR count). The fraction of sp³-hybridized carbons (Fsp3) is 0.364. The maximum atomic E-state index is 9.92. The Bertz CT molecular complexity index is 341. The molecule has 0 N–H and O–H groups in total. The molecule has 3 heteroatoms. The molecule has 14 heavy (non-hydrogen) atoms. The quantitative estimate of drug-likeness (QED) is 0.541. The van der Waals surface area contributed by atoms with E-state index in [-0.39, 0.29) is 6.10 Å². The Morgan fingerprint density at radius 1 is 1.50 bits per heavy atom. The first-order chi connectivity index (χ1) is 6.72. The van der Waals surface area contributed by atoms with Gasteiger partial charge in [0.15, 0.2) is 0 Å². The summed E-state index contributed by atoms with van der Waals surface area (Å²) in [6.07, 6.45) is 1.66. The summed E-state index contributed by atoms with van der Waals surface area (Å²) >= 11 is 0. The van der Waals surface area contributed by atoms with Crippen LogP contribution in [0, 0.1) is 0 Å². The zero-order valence-corrected chi connectivity index (χ0v) is 8.36. The minimum absolute atomic E-state index is 0.153. The number of isocyanates is 1. The first kappa shape index (κ1) is 10.5. The lowest BCUT2D eigenvalue weighted by Crippen LogP contribution is -2.05. The molecular weight excluding hydrogens is 178 g/mol. The third kappa shape index (κ3) is 3.42. The molecule has 1 aromatic carbocycles. The number of ether oxygens (including phenoxy) is 1. The lowest BCUT2D eigenvalue weighted by atomic mass is 10.2. The van der Waals surface area contributed by atoms with Crippen LogP contribution in [0.4, 0.5) is 0 Å². The molecule has 0 bridgehead atoms. The summed E-state index contributed by atoms with van der Waals surface area (Å²) in [6, 6.07) is 7.54. The van der Waals surface area contributed by atoms with Crippen molar-refractivity contribution in [1.29, 1.82) is 0 Å². The molecule has 0 amide bonds. The van der Waals surface area contributed by atoms with E-state index >= 15 is 0 Å². The summed E-state index contributed by atoms with van der Waals surface area (Å²) in [7, 11) is 0. The number of rotatable bonds is 4. The van der Waals surface area contributed by atoms with Crippen molar-refractivity contribution in [3.8, 4) is 5.75 Å². The van der Waals surface area contributed by atoms with E-state index in [1.807, 2.05) is 38.1 Å². The van der Waals surface area contributed by atoms with Gasteiger partial charge in [-0.15, -0.1) is 0 Å². The Morgan fingerprint density at radius 2 is 2.29 bits per heavy atom. The van der Waals surface area contributed by atoms with Gasteiger partial charge in [0.25, 0.3) is 0 Å². The fourth-order valence-electron chi connectivity index (χ4n) is 1.11. The van der Waals surface area contributed by atoms with E-state index in [2.05, 4.69) is 4.99 Å². The first-order valence-corrected chi connectivity index (χ1v) is 4.51. The SMILES string of the molecule is CC(C)Oc1cccc(CN=C=O)c1. The van der Waals surface area contributed by atoms with Crippen LogP contribution < -0.4 is 4.74 Å². The van der Waals surface area contributed by atoms with Gasteiger partial charge in [0, 0.05) is 0 Å². The lowest BCUT2D eigenvalue weighted by molar-refractivity contribution is 0.242. The number of nitrogens with zero attached hydrogens (tertiary/aromatic N) is 1. The van der Waals surface area contributed by atoms with Crippen molar-refractivity contribution >= 4 is 6.08 Å². The highest BCUT2D eigenvalue weighted by Crippen LogP contribution is 2.15. The summed E-state index contributed by atoms with van der Waals surface area (Å²) in [5.74, 6) is 0.804. The Kier molecular flexibility index (Phi) is 3.89. The van der Waals surface area contributed by atoms with Gasteiger partial charge in [-0.05, 0) is 31.5 Å². The number of hydrogen-bond acceptors (Lipinski definition) is 3. The molecule has 0 aliphatic rings. The molecule has 0 radical (unpaired) electrons.